The first-order valence-corrected chi connectivity index (χ1v) is 6.09. The van der Waals surface area contributed by atoms with Gasteiger partial charge in [0.25, 0.3) is 5.69 Å². The standard InChI is InChI=1S/C15H11N3O2/c19-18(20)12-7-5-11(6-8-12)15(13-3-1-9-16-13)14-4-2-10-17-14/h1-10,16H/b15-14+. The summed E-state index contributed by atoms with van der Waals surface area (Å²) in [6.45, 7) is 0. The summed E-state index contributed by atoms with van der Waals surface area (Å²) in [7, 11) is 0. The van der Waals surface area contributed by atoms with Crippen molar-refractivity contribution < 1.29 is 4.92 Å². The molecule has 1 aromatic heterocycles. The molecular formula is C15H11N3O2. The number of nitrogens with one attached hydrogen (secondary N) is 1. The molecule has 0 atom stereocenters. The van der Waals surface area contributed by atoms with Crippen LogP contribution in [0.25, 0.3) is 5.57 Å². The van der Waals surface area contributed by atoms with Gasteiger partial charge >= 0.3 is 0 Å². The Morgan fingerprint density at radius 2 is 2.00 bits per heavy atom. The number of hydrogen-bond donors (Lipinski definition) is 1. The van der Waals surface area contributed by atoms with E-state index >= 15 is 0 Å². The van der Waals surface area contributed by atoms with Gasteiger partial charge in [0.15, 0.2) is 0 Å². The van der Waals surface area contributed by atoms with Crippen LogP contribution in [0.1, 0.15) is 11.3 Å². The van der Waals surface area contributed by atoms with E-state index in [1.54, 1.807) is 18.3 Å². The van der Waals surface area contributed by atoms with Crippen molar-refractivity contribution >= 4 is 17.5 Å². The van der Waals surface area contributed by atoms with E-state index < -0.39 is 4.92 Å². The Kier molecular flexibility index (Phi) is 3.01. The summed E-state index contributed by atoms with van der Waals surface area (Å²) in [5.74, 6) is 0. The van der Waals surface area contributed by atoms with Gasteiger partial charge in [0.2, 0.25) is 0 Å². The van der Waals surface area contributed by atoms with E-state index in [1.165, 1.54) is 12.1 Å². The topological polar surface area (TPSA) is 71.3 Å². The van der Waals surface area contributed by atoms with E-state index in [4.69, 9.17) is 0 Å². The summed E-state index contributed by atoms with van der Waals surface area (Å²) in [6, 6.07) is 10.3. The molecule has 0 aliphatic carbocycles. The molecule has 5 nitrogen and oxygen atoms in total. The van der Waals surface area contributed by atoms with Crippen molar-refractivity contribution in [1.82, 2.24) is 4.98 Å². The lowest BCUT2D eigenvalue weighted by atomic mass is 10.0. The summed E-state index contributed by atoms with van der Waals surface area (Å²) in [5.41, 5.74) is 3.65. The minimum absolute atomic E-state index is 0.0788. The molecule has 2 aromatic rings. The maximum atomic E-state index is 10.7. The lowest BCUT2D eigenvalue weighted by Gasteiger charge is -2.08. The monoisotopic (exact) mass is 265 g/mol. The SMILES string of the molecule is O=[N+]([O-])c1ccc(/C(=C2/C=CC=N2)c2ccc[nH]2)cc1. The molecule has 1 aliphatic heterocycles. The fraction of sp³-hybridized carbons (Fsp3) is 0. The highest BCUT2D eigenvalue weighted by Gasteiger charge is 2.13. The van der Waals surface area contributed by atoms with Crippen LogP contribution in [0.4, 0.5) is 5.69 Å². The summed E-state index contributed by atoms with van der Waals surface area (Å²) in [6.07, 6.45) is 7.34. The second kappa shape index (κ2) is 4.97. The van der Waals surface area contributed by atoms with Crippen LogP contribution in [0.3, 0.4) is 0 Å². The normalized spacial score (nSPS) is 15.6. The molecule has 0 saturated carbocycles. The van der Waals surface area contributed by atoms with Crippen molar-refractivity contribution in [2.45, 2.75) is 0 Å². The van der Waals surface area contributed by atoms with Gasteiger partial charge in [-0.1, -0.05) is 0 Å². The molecule has 5 heteroatoms. The van der Waals surface area contributed by atoms with Crippen LogP contribution in [0, 0.1) is 10.1 Å². The summed E-state index contributed by atoms with van der Waals surface area (Å²) < 4.78 is 0. The Hall–Kier alpha value is -2.95. The van der Waals surface area contributed by atoms with Gasteiger partial charge in [0, 0.05) is 35.8 Å². The zero-order chi connectivity index (χ0) is 13.9. The minimum Gasteiger partial charge on any atom is -0.361 e. The van der Waals surface area contributed by atoms with Crippen molar-refractivity contribution in [3.63, 3.8) is 0 Å². The molecule has 0 saturated heterocycles. The molecule has 20 heavy (non-hydrogen) atoms. The van der Waals surface area contributed by atoms with Gasteiger partial charge in [-0.05, 0) is 42.0 Å². The third-order valence-corrected chi connectivity index (χ3v) is 3.04. The van der Waals surface area contributed by atoms with Crippen LogP contribution in [0.5, 0.6) is 0 Å². The van der Waals surface area contributed by atoms with Crippen LogP contribution < -0.4 is 0 Å². The Bertz CT molecular complexity index is 709. The maximum Gasteiger partial charge on any atom is 0.269 e. The number of nitro groups is 1. The molecule has 3 rings (SSSR count). The molecule has 98 valence electrons. The third-order valence-electron chi connectivity index (χ3n) is 3.04. The average molecular weight is 265 g/mol. The van der Waals surface area contributed by atoms with Gasteiger partial charge in [-0.25, -0.2) is 0 Å². The summed E-state index contributed by atoms with van der Waals surface area (Å²) in [4.78, 5) is 17.8. The van der Waals surface area contributed by atoms with Crippen LogP contribution in [0.15, 0.2) is 65.4 Å². The molecule has 1 aliphatic rings. The fourth-order valence-corrected chi connectivity index (χ4v) is 2.13. The second-order valence-electron chi connectivity index (χ2n) is 4.29. The van der Waals surface area contributed by atoms with Crippen LogP contribution in [0.2, 0.25) is 0 Å². The van der Waals surface area contributed by atoms with E-state index in [0.717, 1.165) is 22.5 Å². The summed E-state index contributed by atoms with van der Waals surface area (Å²) >= 11 is 0. The highest BCUT2D eigenvalue weighted by molar-refractivity contribution is 5.88. The van der Waals surface area contributed by atoms with Gasteiger partial charge < -0.3 is 4.98 Å². The molecule has 0 bridgehead atoms. The number of nitro benzene ring substituents is 1. The van der Waals surface area contributed by atoms with Gasteiger partial charge in [0.1, 0.15) is 0 Å². The largest absolute Gasteiger partial charge is 0.361 e. The van der Waals surface area contributed by atoms with Gasteiger partial charge in [0.05, 0.1) is 10.6 Å². The van der Waals surface area contributed by atoms with Gasteiger partial charge in [-0.2, -0.15) is 0 Å². The van der Waals surface area contributed by atoms with Crippen molar-refractivity contribution in [2.24, 2.45) is 4.99 Å². The third kappa shape index (κ3) is 2.16. The van der Waals surface area contributed by atoms with Gasteiger partial charge in [-0.3, -0.25) is 15.1 Å². The minimum atomic E-state index is -0.404. The van der Waals surface area contributed by atoms with Crippen molar-refractivity contribution in [3.8, 4) is 0 Å². The molecule has 1 aromatic carbocycles. The Morgan fingerprint density at radius 1 is 1.20 bits per heavy atom. The first-order valence-electron chi connectivity index (χ1n) is 6.09. The van der Waals surface area contributed by atoms with E-state index in [0.29, 0.717) is 0 Å². The zero-order valence-electron chi connectivity index (χ0n) is 10.5. The predicted molar refractivity (Wildman–Crippen MR) is 77.5 cm³/mol. The number of aromatic nitrogens is 1. The number of hydrogen-bond acceptors (Lipinski definition) is 3. The molecule has 2 heterocycles. The number of aromatic amines is 1. The summed E-state index contributed by atoms with van der Waals surface area (Å²) in [5, 5.41) is 10.7. The van der Waals surface area contributed by atoms with Crippen LogP contribution >= 0.6 is 0 Å². The molecule has 0 fully saturated rings. The number of H-pyrrole nitrogens is 1. The van der Waals surface area contributed by atoms with Crippen molar-refractivity contribution in [2.75, 3.05) is 0 Å². The Balaban J connectivity index is 2.12. The van der Waals surface area contributed by atoms with E-state index in [1.807, 2.05) is 30.5 Å². The smallest absolute Gasteiger partial charge is 0.269 e. The molecule has 0 unspecified atom stereocenters. The molecule has 1 N–H and O–H groups in total. The highest BCUT2D eigenvalue weighted by atomic mass is 16.6. The number of allylic oxidation sites excluding steroid dienone is 2. The lowest BCUT2D eigenvalue weighted by molar-refractivity contribution is -0.384. The number of aliphatic imine (C=N–C) groups is 1. The average Bonchev–Trinajstić information content (AvgIpc) is 3.13. The first-order chi connectivity index (χ1) is 9.75. The predicted octanol–water partition coefficient (Wildman–Crippen LogP) is 3.32. The molecular weight excluding hydrogens is 254 g/mol. The van der Waals surface area contributed by atoms with E-state index in [2.05, 4.69) is 9.98 Å². The molecule has 0 amide bonds. The molecule has 0 radical (unpaired) electrons. The number of nitrogens with zero attached hydrogens (tertiary/aromatic N) is 2. The Morgan fingerprint density at radius 3 is 2.55 bits per heavy atom. The van der Waals surface area contributed by atoms with E-state index in [9.17, 15) is 10.1 Å². The number of benzene rings is 1. The quantitative estimate of drug-likeness (QED) is 0.683. The Labute approximate surface area is 115 Å². The molecule has 0 spiro atoms. The highest BCUT2D eigenvalue weighted by Crippen LogP contribution is 2.29. The van der Waals surface area contributed by atoms with E-state index in [-0.39, 0.29) is 5.69 Å². The van der Waals surface area contributed by atoms with Crippen LogP contribution in [-0.2, 0) is 0 Å². The second-order valence-corrected chi connectivity index (χ2v) is 4.29. The van der Waals surface area contributed by atoms with Gasteiger partial charge in [-0.15, -0.1) is 0 Å². The van der Waals surface area contributed by atoms with Crippen molar-refractivity contribution in [1.29, 1.82) is 0 Å². The van der Waals surface area contributed by atoms with Crippen molar-refractivity contribution in [3.05, 3.63) is 81.8 Å². The van der Waals surface area contributed by atoms with Crippen LogP contribution in [-0.4, -0.2) is 16.1 Å². The number of non-ortho nitro benzene ring substituents is 1. The number of rotatable bonds is 3. The maximum absolute atomic E-state index is 10.7. The fourth-order valence-electron chi connectivity index (χ4n) is 2.13. The zero-order valence-corrected chi connectivity index (χ0v) is 10.5. The lowest BCUT2D eigenvalue weighted by Crippen LogP contribution is -1.93. The first kappa shape index (κ1) is 12.1.